The number of carbonyl (C=O) groups is 3. The number of ether oxygens (including phenoxy) is 1. The third-order valence-electron chi connectivity index (χ3n) is 5.28. The maximum atomic E-state index is 13.0. The molecule has 0 atom stereocenters. The van der Waals surface area contributed by atoms with E-state index in [0.29, 0.717) is 29.2 Å². The summed E-state index contributed by atoms with van der Waals surface area (Å²) < 4.78 is 5.65. The molecule has 6 heteroatoms. The molecule has 0 aromatic heterocycles. The van der Waals surface area contributed by atoms with Crippen LogP contribution in [0.5, 0.6) is 5.75 Å². The van der Waals surface area contributed by atoms with Gasteiger partial charge < -0.3 is 15.4 Å². The molecule has 0 heterocycles. The Kier molecular flexibility index (Phi) is 9.77. The molecule has 0 bridgehead atoms. The van der Waals surface area contributed by atoms with Crippen LogP contribution in [0.2, 0.25) is 0 Å². The highest BCUT2D eigenvalue weighted by molar-refractivity contribution is 6.08. The Bertz CT molecular complexity index is 1230. The lowest BCUT2D eigenvalue weighted by Crippen LogP contribution is -2.30. The summed E-state index contributed by atoms with van der Waals surface area (Å²) >= 11 is 0. The number of nitrogens with one attached hydrogen (secondary N) is 2. The lowest BCUT2D eigenvalue weighted by molar-refractivity contribution is -0.113. The monoisotopic (exact) mass is 482 g/mol. The van der Waals surface area contributed by atoms with Gasteiger partial charge in [0.2, 0.25) is 0 Å². The average Bonchev–Trinajstić information content (AvgIpc) is 2.89. The quantitative estimate of drug-likeness (QED) is 0.151. The summed E-state index contributed by atoms with van der Waals surface area (Å²) in [6.07, 6.45) is 7.08. The second-order valence-corrected chi connectivity index (χ2v) is 8.12. The van der Waals surface area contributed by atoms with Crippen LogP contribution in [0.1, 0.15) is 53.0 Å². The molecule has 36 heavy (non-hydrogen) atoms. The van der Waals surface area contributed by atoms with E-state index in [2.05, 4.69) is 17.6 Å². The molecule has 3 aromatic carbocycles. The number of Topliss-reactive ketones (excluding diaryl/α,β-unsaturated/α-hetero) is 1. The number of allylic oxidation sites excluding steroid dienone is 2. The van der Waals surface area contributed by atoms with Crippen molar-refractivity contribution >= 4 is 29.4 Å². The molecule has 0 unspecified atom stereocenters. The number of hydrogen-bond donors (Lipinski definition) is 2. The van der Waals surface area contributed by atoms with E-state index in [-0.39, 0.29) is 11.5 Å². The van der Waals surface area contributed by atoms with Crippen molar-refractivity contribution in [1.29, 1.82) is 0 Å². The van der Waals surface area contributed by atoms with Crippen LogP contribution in [0.15, 0.2) is 96.7 Å². The number of carbonyl (C=O) groups excluding carboxylic acids is 3. The number of anilines is 1. The first kappa shape index (κ1) is 26.2. The molecular weight excluding hydrogens is 452 g/mol. The van der Waals surface area contributed by atoms with Crippen LogP contribution >= 0.6 is 0 Å². The van der Waals surface area contributed by atoms with E-state index in [1.165, 1.54) is 6.92 Å². The summed E-state index contributed by atoms with van der Waals surface area (Å²) in [5.41, 5.74) is 2.48. The van der Waals surface area contributed by atoms with Crippen molar-refractivity contribution in [1.82, 2.24) is 5.32 Å². The van der Waals surface area contributed by atoms with Gasteiger partial charge in [0, 0.05) is 16.8 Å². The zero-order valence-electron chi connectivity index (χ0n) is 20.5. The summed E-state index contributed by atoms with van der Waals surface area (Å²) in [6, 6.07) is 23.0. The first-order valence-corrected chi connectivity index (χ1v) is 11.9. The molecule has 184 valence electrons. The Hall–Kier alpha value is -4.45. The van der Waals surface area contributed by atoms with Gasteiger partial charge in [-0.3, -0.25) is 14.4 Å². The van der Waals surface area contributed by atoms with E-state index >= 15 is 0 Å². The van der Waals surface area contributed by atoms with E-state index in [1.807, 2.05) is 36.4 Å². The van der Waals surface area contributed by atoms with Gasteiger partial charge in [0.15, 0.2) is 5.78 Å². The van der Waals surface area contributed by atoms with Crippen LogP contribution in [-0.4, -0.2) is 24.2 Å². The van der Waals surface area contributed by atoms with Crippen molar-refractivity contribution in [2.75, 3.05) is 11.9 Å². The number of rotatable bonds is 11. The zero-order valence-corrected chi connectivity index (χ0v) is 20.5. The Labute approximate surface area is 211 Å². The van der Waals surface area contributed by atoms with Crippen LogP contribution in [0.4, 0.5) is 5.69 Å². The molecule has 3 rings (SSSR count). The van der Waals surface area contributed by atoms with Gasteiger partial charge in [-0.25, -0.2) is 0 Å². The number of hydrogen-bond acceptors (Lipinski definition) is 4. The van der Waals surface area contributed by atoms with Gasteiger partial charge >= 0.3 is 0 Å². The molecule has 0 saturated carbocycles. The SMILES string of the molecule is CCCCOc1ccc(C(=O)NC(=CC=Cc2ccccc2)C(=O)Nc2ccc(C(C)=O)cc2)cc1. The summed E-state index contributed by atoms with van der Waals surface area (Å²) in [7, 11) is 0. The minimum atomic E-state index is -0.490. The maximum Gasteiger partial charge on any atom is 0.272 e. The Morgan fingerprint density at radius 1 is 0.861 bits per heavy atom. The molecule has 6 nitrogen and oxygen atoms in total. The van der Waals surface area contributed by atoms with E-state index in [1.54, 1.807) is 60.7 Å². The van der Waals surface area contributed by atoms with Crippen molar-refractivity contribution < 1.29 is 19.1 Å². The fraction of sp³-hybridized carbons (Fsp3) is 0.167. The van der Waals surface area contributed by atoms with Gasteiger partial charge in [0.05, 0.1) is 6.61 Å². The smallest absolute Gasteiger partial charge is 0.272 e. The first-order valence-electron chi connectivity index (χ1n) is 11.9. The highest BCUT2D eigenvalue weighted by Crippen LogP contribution is 2.14. The Morgan fingerprint density at radius 2 is 1.53 bits per heavy atom. The topological polar surface area (TPSA) is 84.5 Å². The predicted octanol–water partition coefficient (Wildman–Crippen LogP) is 6.03. The highest BCUT2D eigenvalue weighted by atomic mass is 16.5. The van der Waals surface area contributed by atoms with Gasteiger partial charge in [-0.15, -0.1) is 0 Å². The van der Waals surface area contributed by atoms with Crippen LogP contribution in [0.25, 0.3) is 6.08 Å². The van der Waals surface area contributed by atoms with Crippen LogP contribution in [-0.2, 0) is 4.79 Å². The van der Waals surface area contributed by atoms with Crippen molar-refractivity contribution in [2.45, 2.75) is 26.7 Å². The predicted molar refractivity (Wildman–Crippen MR) is 143 cm³/mol. The molecule has 0 fully saturated rings. The maximum absolute atomic E-state index is 13.0. The first-order chi connectivity index (χ1) is 17.5. The molecule has 0 spiro atoms. The second kappa shape index (κ2) is 13.4. The molecule has 2 N–H and O–H groups in total. The van der Waals surface area contributed by atoms with E-state index in [9.17, 15) is 14.4 Å². The van der Waals surface area contributed by atoms with E-state index in [0.717, 1.165) is 18.4 Å². The molecule has 0 saturated heterocycles. The molecular formula is C30H30N2O4. The van der Waals surface area contributed by atoms with Gasteiger partial charge in [-0.05, 0) is 73.5 Å². The molecule has 0 aliphatic carbocycles. The van der Waals surface area contributed by atoms with Crippen molar-refractivity contribution in [3.8, 4) is 5.75 Å². The van der Waals surface area contributed by atoms with Crippen molar-refractivity contribution in [3.05, 3.63) is 113 Å². The standard InChI is InChI=1S/C30H30N2O4/c1-3-4-21-36-27-19-15-25(16-20-27)29(34)32-28(12-8-11-23-9-6-5-7-10-23)30(35)31-26-17-13-24(14-18-26)22(2)33/h5-20H,3-4,21H2,1-2H3,(H,31,35)(H,32,34). The highest BCUT2D eigenvalue weighted by Gasteiger charge is 2.15. The largest absolute Gasteiger partial charge is 0.494 e. The zero-order chi connectivity index (χ0) is 25.8. The second-order valence-electron chi connectivity index (χ2n) is 8.12. The van der Waals surface area contributed by atoms with Gasteiger partial charge in [-0.2, -0.15) is 0 Å². The minimum Gasteiger partial charge on any atom is -0.494 e. The van der Waals surface area contributed by atoms with Crippen molar-refractivity contribution in [3.63, 3.8) is 0 Å². The average molecular weight is 483 g/mol. The fourth-order valence-electron chi connectivity index (χ4n) is 3.21. The fourth-order valence-corrected chi connectivity index (χ4v) is 3.21. The molecule has 0 aliphatic heterocycles. The van der Waals surface area contributed by atoms with Crippen LogP contribution in [0, 0.1) is 0 Å². The molecule has 2 amide bonds. The van der Waals surface area contributed by atoms with Gasteiger partial charge in [0.25, 0.3) is 11.8 Å². The van der Waals surface area contributed by atoms with Gasteiger partial charge in [-0.1, -0.05) is 55.8 Å². The molecule has 0 aliphatic rings. The summed E-state index contributed by atoms with van der Waals surface area (Å²) in [4.78, 5) is 37.4. The van der Waals surface area contributed by atoms with Crippen molar-refractivity contribution in [2.24, 2.45) is 0 Å². The Morgan fingerprint density at radius 3 is 2.17 bits per heavy atom. The number of benzene rings is 3. The molecule has 0 radical (unpaired) electrons. The minimum absolute atomic E-state index is 0.0615. The van der Waals surface area contributed by atoms with Crippen LogP contribution in [0.3, 0.4) is 0 Å². The third kappa shape index (κ3) is 8.09. The normalized spacial score (nSPS) is 11.2. The van der Waals surface area contributed by atoms with E-state index in [4.69, 9.17) is 4.74 Å². The summed E-state index contributed by atoms with van der Waals surface area (Å²) in [5, 5.41) is 5.47. The number of ketones is 1. The lowest BCUT2D eigenvalue weighted by atomic mass is 10.1. The third-order valence-corrected chi connectivity index (χ3v) is 5.28. The summed E-state index contributed by atoms with van der Waals surface area (Å²) in [5.74, 6) is -0.283. The Balaban J connectivity index is 1.75. The summed E-state index contributed by atoms with van der Waals surface area (Å²) in [6.45, 7) is 4.19. The number of amides is 2. The van der Waals surface area contributed by atoms with Crippen LogP contribution < -0.4 is 15.4 Å². The van der Waals surface area contributed by atoms with E-state index < -0.39 is 11.8 Å². The van der Waals surface area contributed by atoms with Gasteiger partial charge in [0.1, 0.15) is 11.4 Å². The molecule has 3 aromatic rings. The number of unbranched alkanes of at least 4 members (excludes halogenated alkanes) is 1. The lowest BCUT2D eigenvalue weighted by Gasteiger charge is -2.11.